The molecule has 1 aliphatic heterocycles. The second-order valence-electron chi connectivity index (χ2n) is 3.48. The van der Waals surface area contributed by atoms with E-state index in [1.807, 2.05) is 0 Å². The molecule has 2 nitrogen and oxygen atoms in total. The van der Waals surface area contributed by atoms with Gasteiger partial charge in [-0.1, -0.05) is 13.3 Å². The number of hydrogen-bond donors (Lipinski definition) is 1. The van der Waals surface area contributed by atoms with Crippen molar-refractivity contribution in [3.05, 3.63) is 0 Å². The Bertz CT molecular complexity index is 104. The van der Waals surface area contributed by atoms with Crippen LogP contribution in [0.15, 0.2) is 0 Å². The van der Waals surface area contributed by atoms with Gasteiger partial charge in [0.05, 0.1) is 0 Å². The highest BCUT2D eigenvalue weighted by Crippen LogP contribution is 2.06. The highest BCUT2D eigenvalue weighted by Gasteiger charge is 2.15. The lowest BCUT2D eigenvalue weighted by atomic mass is 10.1. The Balaban J connectivity index is 2.32. The van der Waals surface area contributed by atoms with Crippen LogP contribution in [-0.2, 0) is 0 Å². The number of likely N-dealkylation sites (N-methyl/N-ethyl adjacent to an activating group) is 1. The van der Waals surface area contributed by atoms with Crippen molar-refractivity contribution in [1.82, 2.24) is 10.2 Å². The van der Waals surface area contributed by atoms with Crippen molar-refractivity contribution in [2.45, 2.75) is 32.2 Å². The first-order chi connectivity index (χ1) is 5.34. The number of nitrogens with zero attached hydrogens (tertiary/aromatic N) is 1. The molecule has 0 aromatic carbocycles. The Morgan fingerprint density at radius 1 is 1.55 bits per heavy atom. The molecule has 0 aromatic rings. The quantitative estimate of drug-likeness (QED) is 0.643. The SMILES string of the molecule is CCCC1CNCCCN1C. The third kappa shape index (κ3) is 2.80. The van der Waals surface area contributed by atoms with Crippen LogP contribution in [0, 0.1) is 0 Å². The molecule has 0 saturated carbocycles. The van der Waals surface area contributed by atoms with Crippen LogP contribution in [0.5, 0.6) is 0 Å². The predicted molar refractivity (Wildman–Crippen MR) is 48.8 cm³/mol. The van der Waals surface area contributed by atoms with Crippen LogP contribution in [-0.4, -0.2) is 37.6 Å². The summed E-state index contributed by atoms with van der Waals surface area (Å²) in [6.45, 7) is 5.91. The molecule has 1 saturated heterocycles. The van der Waals surface area contributed by atoms with Crippen LogP contribution in [0.25, 0.3) is 0 Å². The van der Waals surface area contributed by atoms with Gasteiger partial charge < -0.3 is 10.2 Å². The minimum Gasteiger partial charge on any atom is -0.315 e. The first-order valence-corrected chi connectivity index (χ1v) is 4.75. The fraction of sp³-hybridized carbons (Fsp3) is 1.00. The topological polar surface area (TPSA) is 15.3 Å². The monoisotopic (exact) mass is 156 g/mol. The van der Waals surface area contributed by atoms with E-state index in [-0.39, 0.29) is 0 Å². The van der Waals surface area contributed by atoms with E-state index in [0.29, 0.717) is 0 Å². The molecule has 1 atom stereocenters. The van der Waals surface area contributed by atoms with Gasteiger partial charge in [0.15, 0.2) is 0 Å². The van der Waals surface area contributed by atoms with E-state index in [1.54, 1.807) is 0 Å². The summed E-state index contributed by atoms with van der Waals surface area (Å²) in [6, 6.07) is 0.780. The summed E-state index contributed by atoms with van der Waals surface area (Å²) in [5.74, 6) is 0. The molecule has 1 N–H and O–H groups in total. The van der Waals surface area contributed by atoms with Crippen molar-refractivity contribution in [2.75, 3.05) is 26.7 Å². The maximum atomic E-state index is 3.47. The second-order valence-corrected chi connectivity index (χ2v) is 3.48. The third-order valence-electron chi connectivity index (χ3n) is 2.49. The smallest absolute Gasteiger partial charge is 0.0217 e. The summed E-state index contributed by atoms with van der Waals surface area (Å²) in [5.41, 5.74) is 0. The van der Waals surface area contributed by atoms with Crippen molar-refractivity contribution in [2.24, 2.45) is 0 Å². The molecular formula is C9H20N2. The summed E-state index contributed by atoms with van der Waals surface area (Å²) in [7, 11) is 2.24. The maximum Gasteiger partial charge on any atom is 0.0217 e. The molecular weight excluding hydrogens is 136 g/mol. The molecule has 1 aliphatic rings. The molecule has 0 bridgehead atoms. The van der Waals surface area contributed by atoms with Gasteiger partial charge in [-0.3, -0.25) is 0 Å². The van der Waals surface area contributed by atoms with E-state index >= 15 is 0 Å². The van der Waals surface area contributed by atoms with E-state index in [9.17, 15) is 0 Å². The van der Waals surface area contributed by atoms with E-state index in [4.69, 9.17) is 0 Å². The lowest BCUT2D eigenvalue weighted by Crippen LogP contribution is -2.36. The van der Waals surface area contributed by atoms with Crippen molar-refractivity contribution in [1.29, 1.82) is 0 Å². The van der Waals surface area contributed by atoms with E-state index < -0.39 is 0 Å². The maximum absolute atomic E-state index is 3.47. The molecule has 0 radical (unpaired) electrons. The van der Waals surface area contributed by atoms with Gasteiger partial charge in [-0.2, -0.15) is 0 Å². The van der Waals surface area contributed by atoms with Crippen LogP contribution in [0.4, 0.5) is 0 Å². The Morgan fingerprint density at radius 2 is 2.36 bits per heavy atom. The number of rotatable bonds is 2. The summed E-state index contributed by atoms with van der Waals surface area (Å²) >= 11 is 0. The first kappa shape index (κ1) is 9.01. The average molecular weight is 156 g/mol. The average Bonchev–Trinajstić information content (AvgIpc) is 2.18. The molecule has 0 aliphatic carbocycles. The van der Waals surface area contributed by atoms with Gasteiger partial charge in [-0.25, -0.2) is 0 Å². The van der Waals surface area contributed by atoms with Crippen LogP contribution < -0.4 is 5.32 Å². The van der Waals surface area contributed by atoms with Crippen molar-refractivity contribution in [3.63, 3.8) is 0 Å². The molecule has 2 heteroatoms. The molecule has 0 amide bonds. The largest absolute Gasteiger partial charge is 0.315 e. The fourth-order valence-corrected chi connectivity index (χ4v) is 1.72. The van der Waals surface area contributed by atoms with Crippen LogP contribution in [0.1, 0.15) is 26.2 Å². The molecule has 0 spiro atoms. The van der Waals surface area contributed by atoms with Gasteiger partial charge in [0.25, 0.3) is 0 Å². The molecule has 1 heterocycles. The minimum atomic E-state index is 0.780. The summed E-state index contributed by atoms with van der Waals surface area (Å²) < 4.78 is 0. The van der Waals surface area contributed by atoms with Crippen molar-refractivity contribution >= 4 is 0 Å². The summed E-state index contributed by atoms with van der Waals surface area (Å²) in [5, 5.41) is 3.47. The fourth-order valence-electron chi connectivity index (χ4n) is 1.72. The molecule has 66 valence electrons. The van der Waals surface area contributed by atoms with E-state index in [2.05, 4.69) is 24.2 Å². The summed E-state index contributed by atoms with van der Waals surface area (Å²) in [6.07, 6.45) is 3.94. The van der Waals surface area contributed by atoms with Gasteiger partial charge in [0.1, 0.15) is 0 Å². The summed E-state index contributed by atoms with van der Waals surface area (Å²) in [4.78, 5) is 2.49. The Morgan fingerprint density at radius 3 is 3.09 bits per heavy atom. The molecule has 1 unspecified atom stereocenters. The molecule has 0 aromatic heterocycles. The van der Waals surface area contributed by atoms with Crippen molar-refractivity contribution < 1.29 is 0 Å². The lowest BCUT2D eigenvalue weighted by molar-refractivity contribution is 0.244. The van der Waals surface area contributed by atoms with Gasteiger partial charge >= 0.3 is 0 Å². The number of hydrogen-bond acceptors (Lipinski definition) is 2. The predicted octanol–water partition coefficient (Wildman–Crippen LogP) is 1.08. The normalized spacial score (nSPS) is 28.4. The lowest BCUT2D eigenvalue weighted by Gasteiger charge is -2.24. The van der Waals surface area contributed by atoms with E-state index in [0.717, 1.165) is 6.04 Å². The molecule has 1 fully saturated rings. The molecule has 11 heavy (non-hydrogen) atoms. The second kappa shape index (κ2) is 4.73. The van der Waals surface area contributed by atoms with Gasteiger partial charge in [-0.15, -0.1) is 0 Å². The van der Waals surface area contributed by atoms with Gasteiger partial charge in [-0.05, 0) is 33.0 Å². The van der Waals surface area contributed by atoms with Crippen LogP contribution in [0.2, 0.25) is 0 Å². The zero-order valence-electron chi connectivity index (χ0n) is 7.77. The van der Waals surface area contributed by atoms with Gasteiger partial charge in [0, 0.05) is 12.6 Å². The van der Waals surface area contributed by atoms with Crippen LogP contribution >= 0.6 is 0 Å². The van der Waals surface area contributed by atoms with Gasteiger partial charge in [0.2, 0.25) is 0 Å². The Labute approximate surface area is 70.0 Å². The van der Waals surface area contributed by atoms with Crippen molar-refractivity contribution in [3.8, 4) is 0 Å². The highest BCUT2D eigenvalue weighted by atomic mass is 15.2. The van der Waals surface area contributed by atoms with E-state index in [1.165, 1.54) is 38.9 Å². The van der Waals surface area contributed by atoms with Crippen LogP contribution in [0.3, 0.4) is 0 Å². The standard InChI is InChI=1S/C9H20N2/c1-3-5-9-8-10-6-4-7-11(9)2/h9-10H,3-8H2,1-2H3. The highest BCUT2D eigenvalue weighted by molar-refractivity contribution is 4.74. The Kier molecular flexibility index (Phi) is 3.87. The zero-order valence-corrected chi connectivity index (χ0v) is 7.77. The minimum absolute atomic E-state index is 0.780. The third-order valence-corrected chi connectivity index (χ3v) is 2.49. The zero-order chi connectivity index (χ0) is 8.10. The molecule has 1 rings (SSSR count). The Hall–Kier alpha value is -0.0800. The first-order valence-electron chi connectivity index (χ1n) is 4.75. The number of nitrogens with one attached hydrogen (secondary N) is 1.